The van der Waals surface area contributed by atoms with Gasteiger partial charge in [0.25, 0.3) is 5.91 Å². The molecule has 0 aliphatic heterocycles. The molecule has 1 amide bonds. The number of rotatable bonds is 6. The monoisotopic (exact) mass is 349 g/mol. The summed E-state index contributed by atoms with van der Waals surface area (Å²) in [5.41, 5.74) is 2.55. The molecule has 1 N–H and O–H groups in total. The van der Waals surface area contributed by atoms with Crippen molar-refractivity contribution in [2.24, 2.45) is 0 Å². The van der Waals surface area contributed by atoms with E-state index in [-0.39, 0.29) is 12.5 Å². The fourth-order valence-electron chi connectivity index (χ4n) is 2.48. The minimum Gasteiger partial charge on any atom is -0.484 e. The smallest absolute Gasteiger partial charge is 0.258 e. The highest BCUT2D eigenvalue weighted by Gasteiger charge is 2.06. The van der Waals surface area contributed by atoms with Gasteiger partial charge in [0.15, 0.2) is 6.61 Å². The molecule has 9 nitrogen and oxygen atoms in total. The third kappa shape index (κ3) is 3.36. The first-order chi connectivity index (χ1) is 12.8. The summed E-state index contributed by atoms with van der Waals surface area (Å²) in [4.78, 5) is 16.3. The Morgan fingerprint density at radius 3 is 2.85 bits per heavy atom. The van der Waals surface area contributed by atoms with E-state index in [4.69, 9.17) is 4.74 Å². The molecule has 0 saturated heterocycles. The van der Waals surface area contributed by atoms with Crippen LogP contribution in [0.5, 0.6) is 5.75 Å². The standard InChI is InChI=1S/C17H15N7O2/c25-17(19-10-14-9-18-16-3-1-2-8-23(14)16)11-26-15-6-4-13(5-7-15)24-12-20-21-22-24/h1-9,12H,10-11H2,(H,19,25). The third-order valence-electron chi connectivity index (χ3n) is 3.78. The van der Waals surface area contributed by atoms with E-state index in [2.05, 4.69) is 25.8 Å². The second-order valence-electron chi connectivity index (χ2n) is 5.49. The largest absolute Gasteiger partial charge is 0.484 e. The molecule has 26 heavy (non-hydrogen) atoms. The maximum Gasteiger partial charge on any atom is 0.258 e. The van der Waals surface area contributed by atoms with Crippen molar-refractivity contribution in [2.45, 2.75) is 6.54 Å². The third-order valence-corrected chi connectivity index (χ3v) is 3.78. The molecular formula is C17H15N7O2. The highest BCUT2D eigenvalue weighted by Crippen LogP contribution is 2.14. The maximum absolute atomic E-state index is 12.0. The molecular weight excluding hydrogens is 334 g/mol. The van der Waals surface area contributed by atoms with Gasteiger partial charge in [-0.1, -0.05) is 6.07 Å². The molecule has 0 aliphatic rings. The Morgan fingerprint density at radius 2 is 2.04 bits per heavy atom. The van der Waals surface area contributed by atoms with Gasteiger partial charge in [0.1, 0.15) is 17.7 Å². The predicted octanol–water partition coefficient (Wildman–Crippen LogP) is 1.01. The van der Waals surface area contributed by atoms with Crippen LogP contribution in [-0.2, 0) is 11.3 Å². The van der Waals surface area contributed by atoms with Crippen molar-refractivity contribution in [2.75, 3.05) is 6.61 Å². The van der Waals surface area contributed by atoms with E-state index < -0.39 is 0 Å². The zero-order valence-electron chi connectivity index (χ0n) is 13.7. The summed E-state index contributed by atoms with van der Waals surface area (Å²) in [6.45, 7) is 0.312. The molecule has 4 aromatic rings. The highest BCUT2D eigenvalue weighted by atomic mass is 16.5. The summed E-state index contributed by atoms with van der Waals surface area (Å²) in [5.74, 6) is 0.382. The van der Waals surface area contributed by atoms with Crippen molar-refractivity contribution in [3.63, 3.8) is 0 Å². The van der Waals surface area contributed by atoms with Crippen LogP contribution in [0.25, 0.3) is 11.3 Å². The molecule has 1 aromatic carbocycles. The zero-order chi connectivity index (χ0) is 17.8. The number of hydrogen-bond acceptors (Lipinski definition) is 6. The predicted molar refractivity (Wildman–Crippen MR) is 91.7 cm³/mol. The number of nitrogens with one attached hydrogen (secondary N) is 1. The number of hydrogen-bond donors (Lipinski definition) is 1. The molecule has 130 valence electrons. The minimum absolute atomic E-state index is 0.0685. The average molecular weight is 349 g/mol. The lowest BCUT2D eigenvalue weighted by Crippen LogP contribution is -2.28. The minimum atomic E-state index is -0.208. The van der Waals surface area contributed by atoms with Crippen LogP contribution in [0.4, 0.5) is 0 Å². The van der Waals surface area contributed by atoms with Crippen molar-refractivity contribution in [1.29, 1.82) is 0 Å². The van der Waals surface area contributed by atoms with Crippen LogP contribution in [0, 0.1) is 0 Å². The number of carbonyl (C=O) groups is 1. The molecule has 0 saturated carbocycles. The summed E-state index contributed by atoms with van der Waals surface area (Å²) >= 11 is 0. The van der Waals surface area contributed by atoms with Gasteiger partial charge in [0, 0.05) is 6.20 Å². The molecule has 3 heterocycles. The molecule has 4 rings (SSSR count). The van der Waals surface area contributed by atoms with E-state index in [9.17, 15) is 4.79 Å². The Balaban J connectivity index is 1.30. The first-order valence-electron chi connectivity index (χ1n) is 7.93. The number of imidazole rings is 1. The molecule has 3 aromatic heterocycles. The molecule has 0 spiro atoms. The molecule has 0 radical (unpaired) electrons. The molecule has 0 fully saturated rings. The van der Waals surface area contributed by atoms with Gasteiger partial charge in [-0.2, -0.15) is 0 Å². The molecule has 0 atom stereocenters. The fraction of sp³-hybridized carbons (Fsp3) is 0.118. The van der Waals surface area contributed by atoms with E-state index in [1.165, 1.54) is 11.0 Å². The number of aromatic nitrogens is 6. The normalized spacial score (nSPS) is 10.8. The van der Waals surface area contributed by atoms with Gasteiger partial charge in [-0.25, -0.2) is 9.67 Å². The number of carbonyl (C=O) groups excluding carboxylic acids is 1. The molecule has 9 heteroatoms. The second kappa shape index (κ2) is 7.01. The number of benzene rings is 1. The lowest BCUT2D eigenvalue weighted by Gasteiger charge is -2.08. The number of nitrogens with zero attached hydrogens (tertiary/aromatic N) is 6. The summed E-state index contributed by atoms with van der Waals surface area (Å²) in [6.07, 6.45) is 5.16. The SMILES string of the molecule is O=C(COc1ccc(-n2cnnn2)cc1)NCc1cnc2ccccn12. The number of pyridine rings is 1. The van der Waals surface area contributed by atoms with Crippen molar-refractivity contribution < 1.29 is 9.53 Å². The Hall–Kier alpha value is -3.75. The van der Waals surface area contributed by atoms with Crippen LogP contribution in [0.2, 0.25) is 0 Å². The number of tetrazole rings is 1. The highest BCUT2D eigenvalue weighted by molar-refractivity contribution is 5.77. The van der Waals surface area contributed by atoms with Gasteiger partial charge < -0.3 is 14.5 Å². The Morgan fingerprint density at radius 1 is 1.15 bits per heavy atom. The van der Waals surface area contributed by atoms with Gasteiger partial charge in [-0.3, -0.25) is 4.79 Å². The second-order valence-corrected chi connectivity index (χ2v) is 5.49. The van der Waals surface area contributed by atoms with Crippen LogP contribution in [0.3, 0.4) is 0 Å². The Labute approximate surface area is 148 Å². The fourth-order valence-corrected chi connectivity index (χ4v) is 2.48. The lowest BCUT2D eigenvalue weighted by atomic mass is 10.3. The average Bonchev–Trinajstić information content (AvgIpc) is 3.35. The molecule has 0 unspecified atom stereocenters. The lowest BCUT2D eigenvalue weighted by molar-refractivity contribution is -0.123. The van der Waals surface area contributed by atoms with Crippen molar-refractivity contribution in [1.82, 2.24) is 34.9 Å². The van der Waals surface area contributed by atoms with Crippen LogP contribution < -0.4 is 10.1 Å². The quantitative estimate of drug-likeness (QED) is 0.558. The topological polar surface area (TPSA) is 99.2 Å². The van der Waals surface area contributed by atoms with Crippen LogP contribution in [0.15, 0.2) is 61.2 Å². The number of fused-ring (bicyclic) bond motifs is 1. The van der Waals surface area contributed by atoms with E-state index >= 15 is 0 Å². The Kier molecular flexibility index (Phi) is 4.25. The van der Waals surface area contributed by atoms with Crippen LogP contribution >= 0.6 is 0 Å². The van der Waals surface area contributed by atoms with Gasteiger partial charge in [-0.05, 0) is 46.8 Å². The summed E-state index contributed by atoms with van der Waals surface area (Å²) in [6, 6.07) is 12.9. The summed E-state index contributed by atoms with van der Waals surface area (Å²) in [7, 11) is 0. The van der Waals surface area contributed by atoms with E-state index in [1.54, 1.807) is 18.3 Å². The van der Waals surface area contributed by atoms with Crippen molar-refractivity contribution >= 4 is 11.6 Å². The number of amides is 1. The van der Waals surface area contributed by atoms with Crippen molar-refractivity contribution in [3.8, 4) is 11.4 Å². The van der Waals surface area contributed by atoms with Gasteiger partial charge in [0.2, 0.25) is 0 Å². The number of ether oxygens (including phenoxy) is 1. The van der Waals surface area contributed by atoms with Gasteiger partial charge >= 0.3 is 0 Å². The van der Waals surface area contributed by atoms with Gasteiger partial charge in [0.05, 0.1) is 24.1 Å². The van der Waals surface area contributed by atoms with E-state index in [0.717, 1.165) is 17.0 Å². The van der Waals surface area contributed by atoms with E-state index in [0.29, 0.717) is 12.3 Å². The zero-order valence-corrected chi connectivity index (χ0v) is 13.7. The first-order valence-corrected chi connectivity index (χ1v) is 7.93. The first kappa shape index (κ1) is 15.8. The van der Waals surface area contributed by atoms with Crippen molar-refractivity contribution in [3.05, 3.63) is 66.9 Å². The molecule has 0 aliphatic carbocycles. The van der Waals surface area contributed by atoms with Gasteiger partial charge in [-0.15, -0.1) is 5.10 Å². The van der Waals surface area contributed by atoms with Crippen LogP contribution in [0.1, 0.15) is 5.69 Å². The van der Waals surface area contributed by atoms with Crippen LogP contribution in [-0.4, -0.2) is 42.1 Å². The summed E-state index contributed by atoms with van der Waals surface area (Å²) in [5, 5.41) is 13.8. The Bertz CT molecular complexity index is 1010. The summed E-state index contributed by atoms with van der Waals surface area (Å²) < 4.78 is 8.97. The van der Waals surface area contributed by atoms with E-state index in [1.807, 2.05) is 40.9 Å². The molecule has 0 bridgehead atoms. The maximum atomic E-state index is 12.0.